The van der Waals surface area contributed by atoms with Crippen LogP contribution in [-0.4, -0.2) is 23.9 Å². The van der Waals surface area contributed by atoms with Crippen LogP contribution < -0.4 is 10.5 Å². The molecule has 1 aromatic heterocycles. The van der Waals surface area contributed by atoms with E-state index in [0.29, 0.717) is 6.54 Å². The number of hydrogen-bond donors (Lipinski definition) is 2. The van der Waals surface area contributed by atoms with Crippen molar-refractivity contribution in [2.24, 2.45) is 5.73 Å². The van der Waals surface area contributed by atoms with Crippen molar-refractivity contribution in [3.05, 3.63) is 36.0 Å². The van der Waals surface area contributed by atoms with Crippen molar-refractivity contribution in [1.29, 1.82) is 0 Å². The molecule has 1 aromatic carbocycles. The minimum atomic E-state index is 0.691. The fourth-order valence-electron chi connectivity index (χ4n) is 1.88. The van der Waals surface area contributed by atoms with Crippen molar-refractivity contribution in [3.63, 3.8) is 0 Å². The van der Waals surface area contributed by atoms with E-state index < -0.39 is 0 Å². The van der Waals surface area contributed by atoms with E-state index in [0.717, 1.165) is 29.8 Å². The van der Waals surface area contributed by atoms with Crippen LogP contribution in [-0.2, 0) is 6.42 Å². The Morgan fingerprint density at radius 2 is 2.18 bits per heavy atom. The molecule has 0 saturated heterocycles. The second-order valence-corrected chi connectivity index (χ2v) is 3.86. The molecule has 4 heteroatoms. The molecule has 0 saturated carbocycles. The van der Waals surface area contributed by atoms with E-state index in [4.69, 9.17) is 10.5 Å². The lowest BCUT2D eigenvalue weighted by atomic mass is 10.0. The van der Waals surface area contributed by atoms with Crippen LogP contribution in [0.15, 0.2) is 30.5 Å². The van der Waals surface area contributed by atoms with Gasteiger partial charge in [-0.2, -0.15) is 5.10 Å². The highest BCUT2D eigenvalue weighted by Crippen LogP contribution is 2.30. The monoisotopic (exact) mass is 231 g/mol. The zero-order valence-corrected chi connectivity index (χ0v) is 9.94. The highest BCUT2D eigenvalue weighted by Gasteiger charge is 2.11. The summed E-state index contributed by atoms with van der Waals surface area (Å²) in [7, 11) is 1.68. The van der Waals surface area contributed by atoms with Gasteiger partial charge in [0, 0.05) is 5.56 Å². The van der Waals surface area contributed by atoms with Crippen molar-refractivity contribution in [2.75, 3.05) is 13.7 Å². The molecule has 0 aliphatic rings. The summed E-state index contributed by atoms with van der Waals surface area (Å²) in [6.45, 7) is 0.691. The van der Waals surface area contributed by atoms with Gasteiger partial charge in [0.2, 0.25) is 0 Å². The first-order valence-corrected chi connectivity index (χ1v) is 5.72. The number of para-hydroxylation sites is 1. The van der Waals surface area contributed by atoms with Crippen molar-refractivity contribution in [2.45, 2.75) is 12.8 Å². The fraction of sp³-hybridized carbons (Fsp3) is 0.308. The van der Waals surface area contributed by atoms with E-state index in [-0.39, 0.29) is 0 Å². The molecule has 0 amide bonds. The van der Waals surface area contributed by atoms with Crippen molar-refractivity contribution < 1.29 is 4.74 Å². The van der Waals surface area contributed by atoms with E-state index in [1.165, 1.54) is 5.56 Å². The lowest BCUT2D eigenvalue weighted by Gasteiger charge is -2.08. The normalized spacial score (nSPS) is 10.5. The topological polar surface area (TPSA) is 63.9 Å². The Bertz CT molecular complexity index is 479. The number of nitrogens with zero attached hydrogens (tertiary/aromatic N) is 1. The molecule has 17 heavy (non-hydrogen) atoms. The minimum absolute atomic E-state index is 0.691. The van der Waals surface area contributed by atoms with Crippen LogP contribution in [0.3, 0.4) is 0 Å². The lowest BCUT2D eigenvalue weighted by molar-refractivity contribution is 0.416. The second kappa shape index (κ2) is 5.50. The number of hydrogen-bond acceptors (Lipinski definition) is 3. The maximum absolute atomic E-state index is 5.53. The third-order valence-electron chi connectivity index (χ3n) is 2.74. The number of nitrogens with two attached hydrogens (primary N) is 1. The number of aromatic nitrogens is 2. The molecule has 0 radical (unpaired) electrons. The first-order valence-electron chi connectivity index (χ1n) is 5.72. The number of benzene rings is 1. The van der Waals surface area contributed by atoms with Gasteiger partial charge >= 0.3 is 0 Å². The van der Waals surface area contributed by atoms with Crippen LogP contribution >= 0.6 is 0 Å². The Morgan fingerprint density at radius 1 is 1.35 bits per heavy atom. The predicted molar refractivity (Wildman–Crippen MR) is 68.0 cm³/mol. The van der Waals surface area contributed by atoms with Gasteiger partial charge < -0.3 is 10.5 Å². The first-order chi connectivity index (χ1) is 8.36. The molecule has 0 aliphatic heterocycles. The zero-order valence-electron chi connectivity index (χ0n) is 9.94. The lowest BCUT2D eigenvalue weighted by Crippen LogP contribution is -2.00. The number of H-pyrrole nitrogens is 1. The first kappa shape index (κ1) is 11.7. The smallest absolute Gasteiger partial charge is 0.128 e. The summed E-state index contributed by atoms with van der Waals surface area (Å²) in [5.74, 6) is 0.853. The molecule has 2 aromatic rings. The van der Waals surface area contributed by atoms with Crippen molar-refractivity contribution in [3.8, 4) is 17.0 Å². The van der Waals surface area contributed by atoms with Crippen molar-refractivity contribution >= 4 is 0 Å². The van der Waals surface area contributed by atoms with E-state index in [1.807, 2.05) is 30.5 Å². The molecule has 3 N–H and O–H groups in total. The van der Waals surface area contributed by atoms with Gasteiger partial charge in [-0.15, -0.1) is 0 Å². The number of methoxy groups -OCH3 is 1. The fourth-order valence-corrected chi connectivity index (χ4v) is 1.88. The summed E-state index contributed by atoms with van der Waals surface area (Å²) in [5.41, 5.74) is 8.78. The van der Waals surface area contributed by atoms with Crippen LogP contribution in [0.4, 0.5) is 0 Å². The number of nitrogens with one attached hydrogen (secondary N) is 1. The predicted octanol–water partition coefficient (Wildman–Crippen LogP) is 1.98. The standard InChI is InChI=1S/C13H17N3O/c1-17-12-7-3-2-6-11(12)13-10(5-4-8-14)9-15-16-13/h2-3,6-7,9H,4-5,8,14H2,1H3,(H,15,16). The van der Waals surface area contributed by atoms with Crippen LogP contribution in [0.1, 0.15) is 12.0 Å². The summed E-state index contributed by atoms with van der Waals surface area (Å²) in [6, 6.07) is 7.92. The number of ether oxygens (including phenoxy) is 1. The molecular weight excluding hydrogens is 214 g/mol. The molecule has 0 unspecified atom stereocenters. The molecule has 0 aliphatic carbocycles. The van der Waals surface area contributed by atoms with E-state index in [1.54, 1.807) is 7.11 Å². The Hall–Kier alpha value is -1.81. The van der Waals surface area contributed by atoms with Gasteiger partial charge in [-0.25, -0.2) is 0 Å². The van der Waals surface area contributed by atoms with Gasteiger partial charge in [-0.3, -0.25) is 5.10 Å². The molecule has 4 nitrogen and oxygen atoms in total. The molecule has 0 spiro atoms. The van der Waals surface area contributed by atoms with Gasteiger partial charge in [0.15, 0.2) is 0 Å². The number of aryl methyl sites for hydroxylation is 1. The van der Waals surface area contributed by atoms with Gasteiger partial charge in [-0.05, 0) is 37.1 Å². The van der Waals surface area contributed by atoms with Gasteiger partial charge in [-0.1, -0.05) is 12.1 Å². The number of rotatable bonds is 5. The van der Waals surface area contributed by atoms with E-state index >= 15 is 0 Å². The van der Waals surface area contributed by atoms with Crippen LogP contribution in [0.5, 0.6) is 5.75 Å². The third-order valence-corrected chi connectivity index (χ3v) is 2.74. The Balaban J connectivity index is 2.35. The third kappa shape index (κ3) is 2.47. The van der Waals surface area contributed by atoms with Crippen LogP contribution in [0.2, 0.25) is 0 Å². The average Bonchev–Trinajstić information content (AvgIpc) is 2.84. The molecular formula is C13H17N3O. The van der Waals surface area contributed by atoms with Gasteiger partial charge in [0.1, 0.15) is 5.75 Å². The highest BCUT2D eigenvalue weighted by atomic mass is 16.5. The van der Waals surface area contributed by atoms with Crippen LogP contribution in [0.25, 0.3) is 11.3 Å². The summed E-state index contributed by atoms with van der Waals surface area (Å²) in [5, 5.41) is 7.14. The maximum atomic E-state index is 5.53. The summed E-state index contributed by atoms with van der Waals surface area (Å²) < 4.78 is 5.36. The molecule has 0 bridgehead atoms. The largest absolute Gasteiger partial charge is 0.496 e. The SMILES string of the molecule is COc1ccccc1-c1[nH]ncc1CCCN. The second-order valence-electron chi connectivity index (χ2n) is 3.86. The van der Waals surface area contributed by atoms with E-state index in [9.17, 15) is 0 Å². The highest BCUT2D eigenvalue weighted by molar-refractivity contribution is 5.69. The quantitative estimate of drug-likeness (QED) is 0.827. The molecule has 0 fully saturated rings. The Morgan fingerprint density at radius 3 is 2.94 bits per heavy atom. The molecule has 2 rings (SSSR count). The summed E-state index contributed by atoms with van der Waals surface area (Å²) >= 11 is 0. The minimum Gasteiger partial charge on any atom is -0.496 e. The average molecular weight is 231 g/mol. The summed E-state index contributed by atoms with van der Waals surface area (Å²) in [6.07, 6.45) is 3.75. The summed E-state index contributed by atoms with van der Waals surface area (Å²) in [4.78, 5) is 0. The van der Waals surface area contributed by atoms with Crippen LogP contribution in [0, 0.1) is 0 Å². The van der Waals surface area contributed by atoms with Gasteiger partial charge in [0.25, 0.3) is 0 Å². The molecule has 0 atom stereocenters. The maximum Gasteiger partial charge on any atom is 0.128 e. The van der Waals surface area contributed by atoms with Gasteiger partial charge in [0.05, 0.1) is 19.0 Å². The molecule has 90 valence electrons. The molecule has 1 heterocycles. The number of aromatic amines is 1. The van der Waals surface area contributed by atoms with Crippen molar-refractivity contribution in [1.82, 2.24) is 10.2 Å². The Kier molecular flexibility index (Phi) is 3.77. The zero-order chi connectivity index (χ0) is 12.1. The Labute approximate surface area is 101 Å². The van der Waals surface area contributed by atoms with E-state index in [2.05, 4.69) is 10.2 Å².